The van der Waals surface area contributed by atoms with Crippen molar-refractivity contribution in [1.29, 1.82) is 0 Å². The van der Waals surface area contributed by atoms with Crippen molar-refractivity contribution in [2.45, 2.75) is 18.9 Å². The highest BCUT2D eigenvalue weighted by Crippen LogP contribution is 2.33. The van der Waals surface area contributed by atoms with Crippen LogP contribution >= 0.6 is 15.9 Å². The van der Waals surface area contributed by atoms with Crippen molar-refractivity contribution in [3.05, 3.63) is 28.7 Å². The predicted octanol–water partition coefficient (Wildman–Crippen LogP) is 2.48. The van der Waals surface area contributed by atoms with Gasteiger partial charge in [-0.15, -0.1) is 0 Å². The van der Waals surface area contributed by atoms with Gasteiger partial charge in [-0.2, -0.15) is 4.98 Å². The Morgan fingerprint density at radius 1 is 1.17 bits per heavy atom. The number of hydrogen-bond donors (Lipinski definition) is 2. The maximum Gasteiger partial charge on any atom is 0.222 e. The molecule has 0 bridgehead atoms. The molecule has 1 atom stereocenters. The summed E-state index contributed by atoms with van der Waals surface area (Å²) >= 11 is 3.44. The molecule has 24 heavy (non-hydrogen) atoms. The standard InChI is InChI=1S/C17H20BrN5O/c18-11-3-4-15(24)13(8-11)14-9-16(21-17(19)20-14)23-7-6-22-5-1-2-12(22)10-23/h3-4,8-9,12,24H,1-2,5-7,10H2,(H2,19,20,21). The third-order valence-electron chi connectivity index (χ3n) is 4.88. The van der Waals surface area contributed by atoms with Crippen LogP contribution in [0.5, 0.6) is 5.75 Å². The van der Waals surface area contributed by atoms with Crippen molar-refractivity contribution in [2.24, 2.45) is 0 Å². The summed E-state index contributed by atoms with van der Waals surface area (Å²) in [6, 6.07) is 7.81. The fourth-order valence-electron chi connectivity index (χ4n) is 3.67. The van der Waals surface area contributed by atoms with E-state index in [9.17, 15) is 5.11 Å². The average Bonchev–Trinajstić information content (AvgIpc) is 3.04. The lowest BCUT2D eigenvalue weighted by Gasteiger charge is -2.38. The summed E-state index contributed by atoms with van der Waals surface area (Å²) in [5.74, 6) is 1.25. The summed E-state index contributed by atoms with van der Waals surface area (Å²) in [6.45, 7) is 4.19. The van der Waals surface area contributed by atoms with Gasteiger partial charge in [-0.1, -0.05) is 15.9 Å². The average molecular weight is 390 g/mol. The van der Waals surface area contributed by atoms with Crippen molar-refractivity contribution in [3.63, 3.8) is 0 Å². The molecule has 2 aromatic rings. The molecule has 3 heterocycles. The number of aromatic hydroxyl groups is 1. The molecule has 0 spiro atoms. The van der Waals surface area contributed by atoms with Gasteiger partial charge in [0.2, 0.25) is 5.95 Å². The van der Waals surface area contributed by atoms with Gasteiger partial charge >= 0.3 is 0 Å². The molecule has 1 aromatic carbocycles. The number of phenolic OH excluding ortho intramolecular Hbond substituents is 1. The zero-order valence-corrected chi connectivity index (χ0v) is 14.9. The number of rotatable bonds is 2. The largest absolute Gasteiger partial charge is 0.507 e. The number of phenols is 1. The molecular formula is C17H20BrN5O. The number of anilines is 2. The highest BCUT2D eigenvalue weighted by molar-refractivity contribution is 9.10. The van der Waals surface area contributed by atoms with Crippen LogP contribution in [0.2, 0.25) is 0 Å². The SMILES string of the molecule is Nc1nc(-c2cc(Br)ccc2O)cc(N2CCN3CCCC3C2)n1. The van der Waals surface area contributed by atoms with E-state index in [1.807, 2.05) is 12.1 Å². The van der Waals surface area contributed by atoms with Crippen LogP contribution < -0.4 is 10.6 Å². The third kappa shape index (κ3) is 2.93. The van der Waals surface area contributed by atoms with E-state index >= 15 is 0 Å². The number of nitrogen functional groups attached to an aromatic ring is 1. The van der Waals surface area contributed by atoms with Crippen molar-refractivity contribution in [3.8, 4) is 17.0 Å². The molecule has 2 saturated heterocycles. The molecule has 4 rings (SSSR count). The lowest BCUT2D eigenvalue weighted by Crippen LogP contribution is -2.50. The summed E-state index contributed by atoms with van der Waals surface area (Å²) in [5.41, 5.74) is 7.24. The normalized spacial score (nSPS) is 21.0. The minimum atomic E-state index is 0.183. The summed E-state index contributed by atoms with van der Waals surface area (Å²) in [4.78, 5) is 13.6. The van der Waals surface area contributed by atoms with Crippen LogP contribution in [0.4, 0.5) is 11.8 Å². The number of nitrogens with zero attached hydrogens (tertiary/aromatic N) is 4. The Balaban J connectivity index is 1.67. The van der Waals surface area contributed by atoms with Crippen LogP contribution in [-0.2, 0) is 0 Å². The van der Waals surface area contributed by atoms with E-state index in [4.69, 9.17) is 5.73 Å². The summed E-state index contributed by atoms with van der Waals surface area (Å²) < 4.78 is 0.883. The molecule has 2 fully saturated rings. The zero-order chi connectivity index (χ0) is 16.7. The van der Waals surface area contributed by atoms with E-state index in [1.54, 1.807) is 12.1 Å². The fourth-order valence-corrected chi connectivity index (χ4v) is 4.03. The molecule has 0 radical (unpaired) electrons. The molecule has 0 saturated carbocycles. The van der Waals surface area contributed by atoms with E-state index in [0.29, 0.717) is 17.3 Å². The Kier molecular flexibility index (Phi) is 4.05. The van der Waals surface area contributed by atoms with E-state index in [1.165, 1.54) is 19.4 Å². The number of benzene rings is 1. The quantitative estimate of drug-likeness (QED) is 0.821. The lowest BCUT2D eigenvalue weighted by molar-refractivity contribution is 0.230. The number of nitrogens with two attached hydrogens (primary N) is 1. The smallest absolute Gasteiger partial charge is 0.222 e. The van der Waals surface area contributed by atoms with Gasteiger partial charge in [0, 0.05) is 41.8 Å². The second kappa shape index (κ2) is 6.22. The Labute approximate surface area is 149 Å². The molecule has 126 valence electrons. The van der Waals surface area contributed by atoms with Crippen LogP contribution in [-0.4, -0.2) is 52.2 Å². The van der Waals surface area contributed by atoms with Gasteiger partial charge in [-0.05, 0) is 37.6 Å². The van der Waals surface area contributed by atoms with E-state index in [2.05, 4.69) is 35.7 Å². The van der Waals surface area contributed by atoms with Crippen LogP contribution in [0.25, 0.3) is 11.3 Å². The van der Waals surface area contributed by atoms with Crippen LogP contribution in [0.3, 0.4) is 0 Å². The maximum absolute atomic E-state index is 10.2. The van der Waals surface area contributed by atoms with Crippen LogP contribution in [0.15, 0.2) is 28.7 Å². The first-order valence-corrected chi connectivity index (χ1v) is 9.02. The molecular weight excluding hydrogens is 370 g/mol. The Hall–Kier alpha value is -1.86. The minimum absolute atomic E-state index is 0.183. The molecule has 1 aromatic heterocycles. The van der Waals surface area contributed by atoms with Crippen LogP contribution in [0.1, 0.15) is 12.8 Å². The predicted molar refractivity (Wildman–Crippen MR) is 98.1 cm³/mol. The van der Waals surface area contributed by atoms with E-state index < -0.39 is 0 Å². The Morgan fingerprint density at radius 2 is 2.04 bits per heavy atom. The van der Waals surface area contributed by atoms with E-state index in [-0.39, 0.29) is 11.7 Å². The first-order valence-electron chi connectivity index (χ1n) is 8.22. The highest BCUT2D eigenvalue weighted by Gasteiger charge is 2.31. The van der Waals surface area contributed by atoms with Crippen molar-refractivity contribution < 1.29 is 5.11 Å². The van der Waals surface area contributed by atoms with Gasteiger partial charge in [0.1, 0.15) is 11.6 Å². The summed E-state index contributed by atoms with van der Waals surface area (Å²) in [7, 11) is 0. The number of hydrogen-bond acceptors (Lipinski definition) is 6. The van der Waals surface area contributed by atoms with Crippen molar-refractivity contribution >= 4 is 27.7 Å². The number of halogens is 1. The molecule has 1 unspecified atom stereocenters. The first kappa shape index (κ1) is 15.7. The molecule has 7 heteroatoms. The molecule has 2 aliphatic heterocycles. The highest BCUT2D eigenvalue weighted by atomic mass is 79.9. The second-order valence-corrected chi connectivity index (χ2v) is 7.32. The van der Waals surface area contributed by atoms with Gasteiger partial charge in [0.15, 0.2) is 0 Å². The van der Waals surface area contributed by atoms with Gasteiger partial charge in [-0.25, -0.2) is 4.98 Å². The second-order valence-electron chi connectivity index (χ2n) is 6.41. The van der Waals surface area contributed by atoms with Gasteiger partial charge in [-0.3, -0.25) is 4.90 Å². The fraction of sp³-hybridized carbons (Fsp3) is 0.412. The van der Waals surface area contributed by atoms with Gasteiger partial charge < -0.3 is 15.7 Å². The molecule has 2 aliphatic rings. The topological polar surface area (TPSA) is 78.5 Å². The number of fused-ring (bicyclic) bond motifs is 1. The Morgan fingerprint density at radius 3 is 2.92 bits per heavy atom. The summed E-state index contributed by atoms with van der Waals surface area (Å²) in [5, 5.41) is 10.2. The van der Waals surface area contributed by atoms with Gasteiger partial charge in [0.25, 0.3) is 0 Å². The zero-order valence-electron chi connectivity index (χ0n) is 13.3. The minimum Gasteiger partial charge on any atom is -0.507 e. The van der Waals surface area contributed by atoms with Crippen LogP contribution in [0, 0.1) is 0 Å². The lowest BCUT2D eigenvalue weighted by atomic mass is 10.1. The summed E-state index contributed by atoms with van der Waals surface area (Å²) in [6.07, 6.45) is 2.53. The number of aromatic nitrogens is 2. The monoisotopic (exact) mass is 389 g/mol. The molecule has 0 amide bonds. The Bertz CT molecular complexity index is 769. The molecule has 3 N–H and O–H groups in total. The maximum atomic E-state index is 10.2. The first-order chi connectivity index (χ1) is 11.6. The molecule has 0 aliphatic carbocycles. The van der Waals surface area contributed by atoms with Crippen molar-refractivity contribution in [2.75, 3.05) is 36.8 Å². The van der Waals surface area contributed by atoms with Crippen molar-refractivity contribution in [1.82, 2.24) is 14.9 Å². The van der Waals surface area contributed by atoms with Gasteiger partial charge in [0.05, 0.1) is 5.69 Å². The number of piperazine rings is 1. The third-order valence-corrected chi connectivity index (χ3v) is 5.37. The van der Waals surface area contributed by atoms with E-state index in [0.717, 1.165) is 29.9 Å². The molecule has 6 nitrogen and oxygen atoms in total.